The van der Waals surface area contributed by atoms with Gasteiger partial charge in [-0.15, -0.1) is 0 Å². The van der Waals surface area contributed by atoms with Gasteiger partial charge in [-0.3, -0.25) is 0 Å². The van der Waals surface area contributed by atoms with Gasteiger partial charge in [0, 0.05) is 11.6 Å². The zero-order valence-corrected chi connectivity index (χ0v) is 13.7. The molecule has 0 saturated carbocycles. The Morgan fingerprint density at radius 3 is 1.57 bits per heavy atom. The maximum Gasteiger partial charge on any atom is 0.0391 e. The molecule has 0 aliphatic carbocycles. The molecule has 0 heterocycles. The SMILES string of the molecule is CC(C)c1cccc(C(c2ccccc2)c2ccccc2)c1N. The number of benzene rings is 3. The van der Waals surface area contributed by atoms with Crippen LogP contribution in [0.1, 0.15) is 47.9 Å². The topological polar surface area (TPSA) is 26.0 Å². The molecule has 0 aliphatic rings. The summed E-state index contributed by atoms with van der Waals surface area (Å²) in [6.45, 7) is 4.38. The fourth-order valence-electron chi connectivity index (χ4n) is 3.20. The zero-order chi connectivity index (χ0) is 16.2. The third kappa shape index (κ3) is 3.14. The molecular weight excluding hydrogens is 278 g/mol. The summed E-state index contributed by atoms with van der Waals surface area (Å²) in [7, 11) is 0. The van der Waals surface area contributed by atoms with Gasteiger partial charge in [0.25, 0.3) is 0 Å². The molecule has 1 heteroatoms. The second-order valence-electron chi connectivity index (χ2n) is 6.26. The molecule has 3 rings (SSSR count). The monoisotopic (exact) mass is 301 g/mol. The Bertz CT molecular complexity index is 721. The highest BCUT2D eigenvalue weighted by Gasteiger charge is 2.20. The summed E-state index contributed by atoms with van der Waals surface area (Å²) in [5.74, 6) is 0.582. The second kappa shape index (κ2) is 6.70. The first-order valence-electron chi connectivity index (χ1n) is 8.16. The maximum absolute atomic E-state index is 6.56. The lowest BCUT2D eigenvalue weighted by Gasteiger charge is -2.23. The van der Waals surface area contributed by atoms with Crippen molar-refractivity contribution < 1.29 is 0 Å². The highest BCUT2D eigenvalue weighted by molar-refractivity contribution is 5.61. The van der Waals surface area contributed by atoms with Crippen molar-refractivity contribution in [2.75, 3.05) is 5.73 Å². The summed E-state index contributed by atoms with van der Waals surface area (Å²) in [6.07, 6.45) is 0. The smallest absolute Gasteiger partial charge is 0.0391 e. The van der Waals surface area contributed by atoms with E-state index in [-0.39, 0.29) is 5.92 Å². The molecule has 0 aromatic heterocycles. The summed E-state index contributed by atoms with van der Waals surface area (Å²) in [6, 6.07) is 27.6. The molecule has 0 amide bonds. The molecular formula is C22H23N. The minimum Gasteiger partial charge on any atom is -0.398 e. The van der Waals surface area contributed by atoms with Crippen molar-refractivity contribution in [2.24, 2.45) is 0 Å². The van der Waals surface area contributed by atoms with Gasteiger partial charge in [0.05, 0.1) is 0 Å². The number of rotatable bonds is 4. The molecule has 0 radical (unpaired) electrons. The van der Waals surface area contributed by atoms with Crippen LogP contribution >= 0.6 is 0 Å². The molecule has 3 aromatic rings. The third-order valence-corrected chi connectivity index (χ3v) is 4.37. The van der Waals surface area contributed by atoms with Crippen LogP contribution in [0.25, 0.3) is 0 Å². The Morgan fingerprint density at radius 2 is 1.09 bits per heavy atom. The molecule has 1 nitrogen and oxygen atoms in total. The van der Waals surface area contributed by atoms with Gasteiger partial charge >= 0.3 is 0 Å². The average Bonchev–Trinajstić information content (AvgIpc) is 2.58. The van der Waals surface area contributed by atoms with Gasteiger partial charge in [0.15, 0.2) is 0 Å². The number of anilines is 1. The van der Waals surface area contributed by atoms with Crippen molar-refractivity contribution in [3.63, 3.8) is 0 Å². The number of hydrogen-bond acceptors (Lipinski definition) is 1. The van der Waals surface area contributed by atoms with Crippen LogP contribution in [0.3, 0.4) is 0 Å². The fraction of sp³-hybridized carbons (Fsp3) is 0.182. The van der Waals surface area contributed by atoms with E-state index < -0.39 is 0 Å². The van der Waals surface area contributed by atoms with Crippen LogP contribution in [-0.4, -0.2) is 0 Å². The minimum absolute atomic E-state index is 0.163. The summed E-state index contributed by atoms with van der Waals surface area (Å²) >= 11 is 0. The van der Waals surface area contributed by atoms with E-state index in [0.29, 0.717) is 5.92 Å². The van der Waals surface area contributed by atoms with E-state index in [1.165, 1.54) is 22.3 Å². The Balaban J connectivity index is 2.20. The van der Waals surface area contributed by atoms with Crippen LogP contribution < -0.4 is 5.73 Å². The van der Waals surface area contributed by atoms with Crippen molar-refractivity contribution in [3.8, 4) is 0 Å². The van der Waals surface area contributed by atoms with Gasteiger partial charge in [0.1, 0.15) is 0 Å². The van der Waals surface area contributed by atoms with E-state index in [1.54, 1.807) is 0 Å². The lowest BCUT2D eigenvalue weighted by molar-refractivity contribution is 0.862. The van der Waals surface area contributed by atoms with Gasteiger partial charge in [-0.25, -0.2) is 0 Å². The zero-order valence-electron chi connectivity index (χ0n) is 13.7. The van der Waals surface area contributed by atoms with Crippen molar-refractivity contribution in [1.82, 2.24) is 0 Å². The van der Waals surface area contributed by atoms with E-state index in [2.05, 4.69) is 92.7 Å². The van der Waals surface area contributed by atoms with Crippen molar-refractivity contribution in [1.29, 1.82) is 0 Å². The molecule has 2 N–H and O–H groups in total. The van der Waals surface area contributed by atoms with E-state index >= 15 is 0 Å². The largest absolute Gasteiger partial charge is 0.398 e. The average molecular weight is 301 g/mol. The second-order valence-corrected chi connectivity index (χ2v) is 6.26. The minimum atomic E-state index is 0.163. The van der Waals surface area contributed by atoms with Gasteiger partial charge in [-0.05, 0) is 28.2 Å². The molecule has 0 saturated heterocycles. The Kier molecular flexibility index (Phi) is 4.47. The predicted molar refractivity (Wildman–Crippen MR) is 98.8 cm³/mol. The number of para-hydroxylation sites is 1. The summed E-state index contributed by atoms with van der Waals surface area (Å²) < 4.78 is 0. The van der Waals surface area contributed by atoms with Crippen molar-refractivity contribution in [3.05, 3.63) is 101 Å². The van der Waals surface area contributed by atoms with Crippen LogP contribution in [0.15, 0.2) is 78.9 Å². The Hall–Kier alpha value is -2.54. The lowest BCUT2D eigenvalue weighted by atomic mass is 9.82. The molecule has 0 atom stereocenters. The van der Waals surface area contributed by atoms with E-state index in [4.69, 9.17) is 5.73 Å². The lowest BCUT2D eigenvalue weighted by Crippen LogP contribution is -2.09. The first kappa shape index (κ1) is 15.4. The predicted octanol–water partition coefficient (Wildman–Crippen LogP) is 5.57. The van der Waals surface area contributed by atoms with Crippen LogP contribution in [-0.2, 0) is 0 Å². The summed E-state index contributed by atoms with van der Waals surface area (Å²) in [5, 5.41) is 0. The normalized spacial score (nSPS) is 11.1. The Morgan fingerprint density at radius 1 is 0.609 bits per heavy atom. The van der Waals surface area contributed by atoms with Gasteiger partial charge < -0.3 is 5.73 Å². The van der Waals surface area contributed by atoms with Gasteiger partial charge in [-0.1, -0.05) is 92.7 Å². The quantitative estimate of drug-likeness (QED) is 0.494. The molecule has 116 valence electrons. The van der Waals surface area contributed by atoms with Crippen LogP contribution in [0.4, 0.5) is 5.69 Å². The summed E-state index contributed by atoms with van der Waals surface area (Å²) in [4.78, 5) is 0. The third-order valence-electron chi connectivity index (χ3n) is 4.37. The van der Waals surface area contributed by atoms with E-state index in [0.717, 1.165) is 5.69 Å². The highest BCUT2D eigenvalue weighted by Crippen LogP contribution is 2.37. The molecule has 0 unspecified atom stereocenters. The molecule has 23 heavy (non-hydrogen) atoms. The molecule has 0 aliphatic heterocycles. The van der Waals surface area contributed by atoms with Crippen molar-refractivity contribution >= 4 is 5.69 Å². The summed E-state index contributed by atoms with van der Waals surface area (Å²) in [5.41, 5.74) is 12.4. The standard InChI is InChI=1S/C22H23N/c1-16(2)19-14-9-15-20(22(19)23)21(17-10-5-3-6-11-17)18-12-7-4-8-13-18/h3-16,21H,23H2,1-2H3. The van der Waals surface area contributed by atoms with Crippen LogP contribution in [0.5, 0.6) is 0 Å². The number of nitrogens with two attached hydrogens (primary N) is 1. The number of nitrogen functional groups attached to an aromatic ring is 1. The molecule has 0 fully saturated rings. The molecule has 3 aromatic carbocycles. The fourth-order valence-corrected chi connectivity index (χ4v) is 3.20. The van der Waals surface area contributed by atoms with E-state index in [9.17, 15) is 0 Å². The molecule has 0 bridgehead atoms. The van der Waals surface area contributed by atoms with Crippen LogP contribution in [0.2, 0.25) is 0 Å². The highest BCUT2D eigenvalue weighted by atomic mass is 14.6. The first-order chi connectivity index (χ1) is 11.2. The van der Waals surface area contributed by atoms with E-state index in [1.807, 2.05) is 0 Å². The first-order valence-corrected chi connectivity index (χ1v) is 8.16. The van der Waals surface area contributed by atoms with Crippen LogP contribution in [0, 0.1) is 0 Å². The number of hydrogen-bond donors (Lipinski definition) is 1. The van der Waals surface area contributed by atoms with Crippen molar-refractivity contribution in [2.45, 2.75) is 25.7 Å². The maximum atomic E-state index is 6.56. The molecule has 0 spiro atoms. The van der Waals surface area contributed by atoms with Gasteiger partial charge in [0.2, 0.25) is 0 Å². The Labute approximate surface area is 138 Å². The van der Waals surface area contributed by atoms with Gasteiger partial charge in [-0.2, -0.15) is 0 Å².